The van der Waals surface area contributed by atoms with Gasteiger partial charge in [0.1, 0.15) is 0 Å². The fourth-order valence-electron chi connectivity index (χ4n) is 2.97. The molecule has 2 heterocycles. The number of hydrogen-bond acceptors (Lipinski definition) is 3. The van der Waals surface area contributed by atoms with Crippen LogP contribution in [0.3, 0.4) is 0 Å². The zero-order chi connectivity index (χ0) is 15.7. The van der Waals surface area contributed by atoms with E-state index in [4.69, 9.17) is 4.84 Å². The molecule has 1 atom stereocenters. The molecule has 0 saturated heterocycles. The van der Waals surface area contributed by atoms with Crippen LogP contribution in [0.15, 0.2) is 35.5 Å². The van der Waals surface area contributed by atoms with Gasteiger partial charge in [0.05, 0.1) is 5.71 Å². The van der Waals surface area contributed by atoms with Gasteiger partial charge in [0, 0.05) is 30.7 Å². The third-order valence-corrected chi connectivity index (χ3v) is 4.12. The number of carbonyl (C=O) groups excluding carboxylic acids is 1. The molecule has 3 rings (SSSR count). The highest BCUT2D eigenvalue weighted by molar-refractivity contribution is 5.94. The number of aromatic nitrogens is 1. The average molecular weight is 299 g/mol. The number of hydrogen-bond donors (Lipinski definition) is 1. The normalized spacial score (nSPS) is 20.8. The molecule has 0 spiro atoms. The Hall–Kier alpha value is -2.30. The van der Waals surface area contributed by atoms with Crippen LogP contribution in [0.4, 0.5) is 0 Å². The zero-order valence-electron chi connectivity index (χ0n) is 13.2. The van der Waals surface area contributed by atoms with Crippen molar-refractivity contribution < 1.29 is 9.63 Å². The van der Waals surface area contributed by atoms with Crippen LogP contribution in [0.1, 0.15) is 26.0 Å². The van der Waals surface area contributed by atoms with Crippen molar-refractivity contribution in [2.45, 2.75) is 39.3 Å². The number of oxime groups is 1. The highest BCUT2D eigenvalue weighted by Gasteiger charge is 2.40. The van der Waals surface area contributed by atoms with Gasteiger partial charge in [0.25, 0.3) is 5.91 Å². The minimum atomic E-state index is -0.863. The van der Waals surface area contributed by atoms with Gasteiger partial charge in [0.2, 0.25) is 5.60 Å². The van der Waals surface area contributed by atoms with Gasteiger partial charge in [-0.2, -0.15) is 0 Å². The number of benzene rings is 1. The standard InChI is InChI=1S/C17H21N3O2/c1-12-11-17(3,22-19-12)16(21)18-8-9-20-13(2)10-14-6-4-5-7-15(14)20/h4-7,10H,8-9,11H2,1-3H3,(H,18,21). The molecule has 1 aromatic carbocycles. The van der Waals surface area contributed by atoms with Crippen molar-refractivity contribution in [3.8, 4) is 0 Å². The van der Waals surface area contributed by atoms with Crippen LogP contribution in [0.5, 0.6) is 0 Å². The Balaban J connectivity index is 1.63. The molecule has 1 amide bonds. The number of nitrogens with zero attached hydrogens (tertiary/aromatic N) is 2. The van der Waals surface area contributed by atoms with E-state index < -0.39 is 5.60 Å². The summed E-state index contributed by atoms with van der Waals surface area (Å²) in [4.78, 5) is 17.5. The second-order valence-corrected chi connectivity index (χ2v) is 6.08. The van der Waals surface area contributed by atoms with Crippen molar-refractivity contribution in [3.63, 3.8) is 0 Å². The molecule has 1 aromatic heterocycles. The summed E-state index contributed by atoms with van der Waals surface area (Å²) >= 11 is 0. The number of aryl methyl sites for hydroxylation is 1. The molecule has 1 aliphatic rings. The largest absolute Gasteiger partial charge is 0.379 e. The molecule has 0 radical (unpaired) electrons. The van der Waals surface area contributed by atoms with Crippen molar-refractivity contribution in [1.82, 2.24) is 9.88 Å². The van der Waals surface area contributed by atoms with Crippen molar-refractivity contribution in [2.24, 2.45) is 5.16 Å². The Labute approximate surface area is 129 Å². The summed E-state index contributed by atoms with van der Waals surface area (Å²) in [6.07, 6.45) is 0.546. The van der Waals surface area contributed by atoms with E-state index in [0.717, 1.165) is 12.3 Å². The van der Waals surface area contributed by atoms with E-state index in [0.29, 0.717) is 13.0 Å². The zero-order valence-corrected chi connectivity index (χ0v) is 13.2. The Morgan fingerprint density at radius 3 is 2.91 bits per heavy atom. The molecule has 0 fully saturated rings. The quantitative estimate of drug-likeness (QED) is 0.943. The molecule has 1 unspecified atom stereocenters. The second-order valence-electron chi connectivity index (χ2n) is 6.08. The molecule has 5 heteroatoms. The van der Waals surface area contributed by atoms with Crippen molar-refractivity contribution in [2.75, 3.05) is 6.54 Å². The SMILES string of the molecule is CC1=NOC(C)(C(=O)NCCn2c(C)cc3ccccc32)C1. The minimum Gasteiger partial charge on any atom is -0.379 e. The molecule has 1 aliphatic heterocycles. The first-order valence-corrected chi connectivity index (χ1v) is 7.54. The summed E-state index contributed by atoms with van der Waals surface area (Å²) < 4.78 is 2.22. The lowest BCUT2D eigenvalue weighted by Crippen LogP contribution is -2.45. The molecule has 1 N–H and O–H groups in total. The van der Waals surface area contributed by atoms with E-state index in [1.165, 1.54) is 16.6 Å². The Morgan fingerprint density at radius 1 is 1.41 bits per heavy atom. The lowest BCUT2D eigenvalue weighted by Gasteiger charge is -2.20. The van der Waals surface area contributed by atoms with Crippen molar-refractivity contribution in [3.05, 3.63) is 36.0 Å². The molecule has 2 aromatic rings. The van der Waals surface area contributed by atoms with Gasteiger partial charge in [-0.15, -0.1) is 0 Å². The monoisotopic (exact) mass is 299 g/mol. The fourth-order valence-corrected chi connectivity index (χ4v) is 2.97. The molecular weight excluding hydrogens is 278 g/mol. The third-order valence-electron chi connectivity index (χ3n) is 4.12. The Kier molecular flexibility index (Phi) is 3.64. The molecule has 116 valence electrons. The number of rotatable bonds is 4. The van der Waals surface area contributed by atoms with Crippen molar-refractivity contribution >= 4 is 22.5 Å². The lowest BCUT2D eigenvalue weighted by atomic mass is 9.99. The van der Waals surface area contributed by atoms with Gasteiger partial charge in [-0.3, -0.25) is 4.79 Å². The summed E-state index contributed by atoms with van der Waals surface area (Å²) in [5, 5.41) is 8.06. The summed E-state index contributed by atoms with van der Waals surface area (Å²) in [6.45, 7) is 7.03. The molecule has 0 bridgehead atoms. The number of para-hydroxylation sites is 1. The maximum atomic E-state index is 12.3. The highest BCUT2D eigenvalue weighted by atomic mass is 16.7. The van der Waals surface area contributed by atoms with E-state index in [-0.39, 0.29) is 5.91 Å². The first-order valence-electron chi connectivity index (χ1n) is 7.54. The van der Waals surface area contributed by atoms with Crippen LogP contribution in [-0.4, -0.2) is 28.3 Å². The topological polar surface area (TPSA) is 55.6 Å². The van der Waals surface area contributed by atoms with Crippen LogP contribution in [0, 0.1) is 6.92 Å². The summed E-state index contributed by atoms with van der Waals surface area (Å²) in [6, 6.07) is 10.4. The number of amides is 1. The fraction of sp³-hybridized carbons (Fsp3) is 0.412. The summed E-state index contributed by atoms with van der Waals surface area (Å²) in [5.41, 5.74) is 2.37. The first-order chi connectivity index (χ1) is 10.5. The molecule has 0 saturated carbocycles. The van der Waals surface area contributed by atoms with Crippen LogP contribution >= 0.6 is 0 Å². The van der Waals surface area contributed by atoms with E-state index in [2.05, 4.69) is 40.2 Å². The van der Waals surface area contributed by atoms with E-state index in [1.807, 2.05) is 19.1 Å². The summed E-state index contributed by atoms with van der Waals surface area (Å²) in [5.74, 6) is -0.109. The second kappa shape index (κ2) is 5.48. The Bertz CT molecular complexity index is 747. The predicted octanol–water partition coefficient (Wildman–Crippen LogP) is 2.62. The Morgan fingerprint density at radius 2 is 2.18 bits per heavy atom. The van der Waals surface area contributed by atoms with E-state index >= 15 is 0 Å². The predicted molar refractivity (Wildman–Crippen MR) is 86.9 cm³/mol. The summed E-state index contributed by atoms with van der Waals surface area (Å²) in [7, 11) is 0. The van der Waals surface area contributed by atoms with Gasteiger partial charge in [0.15, 0.2) is 0 Å². The smallest absolute Gasteiger partial charge is 0.267 e. The van der Waals surface area contributed by atoms with Crippen LogP contribution < -0.4 is 5.32 Å². The maximum Gasteiger partial charge on any atom is 0.267 e. The van der Waals surface area contributed by atoms with Gasteiger partial charge >= 0.3 is 0 Å². The van der Waals surface area contributed by atoms with Gasteiger partial charge in [-0.1, -0.05) is 23.4 Å². The molecular formula is C17H21N3O2. The number of nitrogens with one attached hydrogen (secondary N) is 1. The molecule has 0 aliphatic carbocycles. The average Bonchev–Trinajstić information content (AvgIpc) is 3.00. The number of carbonyl (C=O) groups is 1. The van der Waals surface area contributed by atoms with Crippen LogP contribution in [0.25, 0.3) is 10.9 Å². The maximum absolute atomic E-state index is 12.3. The first kappa shape index (κ1) is 14.6. The highest BCUT2D eigenvalue weighted by Crippen LogP contribution is 2.23. The third kappa shape index (κ3) is 2.58. The van der Waals surface area contributed by atoms with Crippen LogP contribution in [0.2, 0.25) is 0 Å². The lowest BCUT2D eigenvalue weighted by molar-refractivity contribution is -0.141. The molecule has 22 heavy (non-hydrogen) atoms. The van der Waals surface area contributed by atoms with Crippen molar-refractivity contribution in [1.29, 1.82) is 0 Å². The van der Waals surface area contributed by atoms with Gasteiger partial charge < -0.3 is 14.7 Å². The number of fused-ring (bicyclic) bond motifs is 1. The van der Waals surface area contributed by atoms with Crippen LogP contribution in [-0.2, 0) is 16.2 Å². The van der Waals surface area contributed by atoms with E-state index in [9.17, 15) is 4.79 Å². The minimum absolute atomic E-state index is 0.109. The van der Waals surface area contributed by atoms with Gasteiger partial charge in [-0.25, -0.2) is 0 Å². The van der Waals surface area contributed by atoms with Gasteiger partial charge in [-0.05, 0) is 38.3 Å². The molecule has 5 nitrogen and oxygen atoms in total. The van der Waals surface area contributed by atoms with E-state index in [1.54, 1.807) is 6.92 Å².